The molecule has 0 amide bonds. The molecule has 0 aromatic carbocycles. The van der Waals surface area contributed by atoms with Gasteiger partial charge in [0.15, 0.2) is 0 Å². The minimum absolute atomic E-state index is 0.223. The minimum atomic E-state index is -0.741. The van der Waals surface area contributed by atoms with Gasteiger partial charge in [0, 0.05) is 9.35 Å². The Kier molecular flexibility index (Phi) is 2.85. The monoisotopic (exact) mass is 222 g/mol. The van der Waals surface area contributed by atoms with Gasteiger partial charge in [-0.3, -0.25) is 0 Å². The second-order valence-corrected chi connectivity index (χ2v) is 3.63. The second kappa shape index (κ2) is 3.48. The summed E-state index contributed by atoms with van der Waals surface area (Å²) in [7, 11) is 0. The van der Waals surface area contributed by atoms with E-state index in [9.17, 15) is 0 Å². The number of hydrogen-bond donors (Lipinski definition) is 2. The van der Waals surface area contributed by atoms with Crippen LogP contribution in [0.3, 0.4) is 0 Å². The zero-order valence-electron chi connectivity index (χ0n) is 5.12. The van der Waals surface area contributed by atoms with Gasteiger partial charge in [-0.1, -0.05) is 0 Å². The average Bonchev–Trinajstić information content (AvgIpc) is 2.34. The van der Waals surface area contributed by atoms with Gasteiger partial charge in [-0.15, -0.1) is 11.3 Å². The van der Waals surface area contributed by atoms with Crippen LogP contribution in [-0.4, -0.2) is 16.8 Å². The summed E-state index contributed by atoms with van der Waals surface area (Å²) in [6.45, 7) is -0.223. The third-order valence-corrected chi connectivity index (χ3v) is 3.09. The summed E-state index contributed by atoms with van der Waals surface area (Å²) in [5.41, 5.74) is 0. The molecule has 0 saturated heterocycles. The van der Waals surface area contributed by atoms with Crippen molar-refractivity contribution in [2.45, 2.75) is 6.10 Å². The van der Waals surface area contributed by atoms with E-state index in [-0.39, 0.29) is 6.61 Å². The maximum atomic E-state index is 9.13. The first-order valence-corrected chi connectivity index (χ1v) is 4.44. The van der Waals surface area contributed by atoms with E-state index in [1.165, 1.54) is 11.3 Å². The van der Waals surface area contributed by atoms with Gasteiger partial charge in [-0.25, -0.2) is 0 Å². The zero-order valence-corrected chi connectivity index (χ0v) is 7.52. The molecule has 0 aliphatic carbocycles. The molecular formula is C6H7BrO2S. The Labute approximate surface area is 71.3 Å². The summed E-state index contributed by atoms with van der Waals surface area (Å²) in [5.74, 6) is 0. The van der Waals surface area contributed by atoms with Crippen molar-refractivity contribution in [2.24, 2.45) is 0 Å². The Morgan fingerprint density at radius 2 is 2.40 bits per heavy atom. The molecule has 10 heavy (non-hydrogen) atoms. The lowest BCUT2D eigenvalue weighted by molar-refractivity contribution is 0.0979. The van der Waals surface area contributed by atoms with Crippen LogP contribution in [0.15, 0.2) is 15.9 Å². The van der Waals surface area contributed by atoms with E-state index in [0.29, 0.717) is 0 Å². The molecule has 0 spiro atoms. The average molecular weight is 223 g/mol. The van der Waals surface area contributed by atoms with Crippen molar-refractivity contribution in [3.8, 4) is 0 Å². The van der Waals surface area contributed by atoms with Gasteiger partial charge in [-0.2, -0.15) is 0 Å². The van der Waals surface area contributed by atoms with Crippen LogP contribution < -0.4 is 0 Å². The van der Waals surface area contributed by atoms with Crippen LogP contribution in [0.1, 0.15) is 11.0 Å². The largest absolute Gasteiger partial charge is 0.393 e. The van der Waals surface area contributed by atoms with Crippen LogP contribution in [0.4, 0.5) is 0 Å². The Morgan fingerprint density at radius 3 is 2.80 bits per heavy atom. The highest BCUT2D eigenvalue weighted by molar-refractivity contribution is 9.10. The highest BCUT2D eigenvalue weighted by atomic mass is 79.9. The molecule has 2 nitrogen and oxygen atoms in total. The Bertz CT molecular complexity index is 211. The van der Waals surface area contributed by atoms with Gasteiger partial charge in [0.25, 0.3) is 0 Å². The van der Waals surface area contributed by atoms with E-state index >= 15 is 0 Å². The van der Waals surface area contributed by atoms with Crippen LogP contribution in [0.25, 0.3) is 0 Å². The SMILES string of the molecule is OCC(O)c1sccc1Br. The third kappa shape index (κ3) is 1.58. The first-order valence-electron chi connectivity index (χ1n) is 2.77. The van der Waals surface area contributed by atoms with Gasteiger partial charge >= 0.3 is 0 Å². The maximum Gasteiger partial charge on any atom is 0.112 e. The molecule has 0 radical (unpaired) electrons. The van der Waals surface area contributed by atoms with Gasteiger partial charge in [0.05, 0.1) is 6.61 Å². The molecule has 1 aromatic heterocycles. The predicted octanol–water partition coefficient (Wildman–Crippen LogP) is 1.54. The minimum Gasteiger partial charge on any atom is -0.393 e. The molecule has 0 aliphatic heterocycles. The van der Waals surface area contributed by atoms with Crippen molar-refractivity contribution in [3.63, 3.8) is 0 Å². The molecule has 0 bridgehead atoms. The molecule has 4 heteroatoms. The van der Waals surface area contributed by atoms with E-state index in [0.717, 1.165) is 9.35 Å². The topological polar surface area (TPSA) is 40.5 Å². The zero-order chi connectivity index (χ0) is 7.56. The van der Waals surface area contributed by atoms with Crippen LogP contribution >= 0.6 is 27.3 Å². The summed E-state index contributed by atoms with van der Waals surface area (Å²) in [6.07, 6.45) is -0.741. The molecule has 56 valence electrons. The van der Waals surface area contributed by atoms with Crippen LogP contribution in [0, 0.1) is 0 Å². The fourth-order valence-corrected chi connectivity index (χ4v) is 2.24. The number of thiophene rings is 1. The summed E-state index contributed by atoms with van der Waals surface area (Å²) < 4.78 is 0.860. The Balaban J connectivity index is 2.82. The summed E-state index contributed by atoms with van der Waals surface area (Å²) in [4.78, 5) is 0.780. The lowest BCUT2D eigenvalue weighted by Gasteiger charge is -2.03. The molecular weight excluding hydrogens is 216 g/mol. The van der Waals surface area contributed by atoms with E-state index in [4.69, 9.17) is 10.2 Å². The number of aliphatic hydroxyl groups is 2. The molecule has 1 aromatic rings. The lowest BCUT2D eigenvalue weighted by atomic mass is 10.3. The number of rotatable bonds is 2. The molecule has 1 heterocycles. The van der Waals surface area contributed by atoms with Crippen LogP contribution in [0.5, 0.6) is 0 Å². The maximum absolute atomic E-state index is 9.13. The number of hydrogen-bond acceptors (Lipinski definition) is 3. The van der Waals surface area contributed by atoms with Crippen LogP contribution in [0.2, 0.25) is 0 Å². The standard InChI is InChI=1S/C6H7BrO2S/c7-4-1-2-10-6(4)5(9)3-8/h1-2,5,8-9H,3H2. The molecule has 2 N–H and O–H groups in total. The van der Waals surface area contributed by atoms with Gasteiger partial charge in [0.1, 0.15) is 6.10 Å². The molecule has 1 rings (SSSR count). The molecule has 0 fully saturated rings. The third-order valence-electron chi connectivity index (χ3n) is 1.12. The molecule has 1 atom stereocenters. The quantitative estimate of drug-likeness (QED) is 0.798. The fourth-order valence-electron chi connectivity index (χ4n) is 0.626. The van der Waals surface area contributed by atoms with Gasteiger partial charge in [0.2, 0.25) is 0 Å². The van der Waals surface area contributed by atoms with E-state index in [1.54, 1.807) is 0 Å². The van der Waals surface area contributed by atoms with Crippen molar-refractivity contribution in [1.29, 1.82) is 0 Å². The van der Waals surface area contributed by atoms with E-state index in [2.05, 4.69) is 15.9 Å². The smallest absolute Gasteiger partial charge is 0.112 e. The van der Waals surface area contributed by atoms with Crippen molar-refractivity contribution in [2.75, 3.05) is 6.61 Å². The van der Waals surface area contributed by atoms with Crippen molar-refractivity contribution in [1.82, 2.24) is 0 Å². The highest BCUT2D eigenvalue weighted by Gasteiger charge is 2.10. The van der Waals surface area contributed by atoms with Gasteiger partial charge in [-0.05, 0) is 27.4 Å². The predicted molar refractivity (Wildman–Crippen MR) is 44.1 cm³/mol. The van der Waals surface area contributed by atoms with Crippen molar-refractivity contribution < 1.29 is 10.2 Å². The summed E-state index contributed by atoms with van der Waals surface area (Å²) in [5, 5.41) is 19.6. The summed E-state index contributed by atoms with van der Waals surface area (Å²) >= 11 is 4.67. The van der Waals surface area contributed by atoms with Crippen molar-refractivity contribution in [3.05, 3.63) is 20.8 Å². The molecule has 0 saturated carbocycles. The molecule has 0 aliphatic rings. The first-order chi connectivity index (χ1) is 4.75. The normalized spacial score (nSPS) is 13.5. The highest BCUT2D eigenvalue weighted by Crippen LogP contribution is 2.28. The van der Waals surface area contributed by atoms with Crippen LogP contribution in [-0.2, 0) is 0 Å². The number of aliphatic hydroxyl groups excluding tert-OH is 2. The van der Waals surface area contributed by atoms with Crippen molar-refractivity contribution >= 4 is 27.3 Å². The van der Waals surface area contributed by atoms with E-state index in [1.807, 2.05) is 11.4 Å². The van der Waals surface area contributed by atoms with E-state index < -0.39 is 6.10 Å². The van der Waals surface area contributed by atoms with Gasteiger partial charge < -0.3 is 10.2 Å². The number of halogens is 1. The Morgan fingerprint density at radius 1 is 1.70 bits per heavy atom. The summed E-state index contributed by atoms with van der Waals surface area (Å²) in [6, 6.07) is 1.85. The fraction of sp³-hybridized carbons (Fsp3) is 0.333. The Hall–Kier alpha value is 0.100. The lowest BCUT2D eigenvalue weighted by Crippen LogP contribution is -1.99. The first kappa shape index (κ1) is 8.20. The second-order valence-electron chi connectivity index (χ2n) is 1.83. The molecule has 1 unspecified atom stereocenters.